The Bertz CT molecular complexity index is 2320. The van der Waals surface area contributed by atoms with Crippen LogP contribution in [0.4, 0.5) is 0 Å². The number of aromatic carboxylic acids is 4. The number of carboxylic acids is 4. The molecule has 0 saturated carbocycles. The minimum absolute atomic E-state index is 0.134. The van der Waals surface area contributed by atoms with Crippen molar-refractivity contribution >= 4 is 34.8 Å². The summed E-state index contributed by atoms with van der Waals surface area (Å²) in [6.07, 6.45) is 0. The summed E-state index contributed by atoms with van der Waals surface area (Å²) >= 11 is 0. The molecule has 0 unspecified atom stereocenters. The summed E-state index contributed by atoms with van der Waals surface area (Å²) in [4.78, 5) is 52.9. The molecule has 1 heterocycles. The zero-order valence-corrected chi connectivity index (χ0v) is 29.9. The van der Waals surface area contributed by atoms with Gasteiger partial charge in [0.1, 0.15) is 22.5 Å². The number of hydrogen-bond donors (Lipinski definition) is 9. The Morgan fingerprint density at radius 2 is 0.776 bits per heavy atom. The highest BCUT2D eigenvalue weighted by Gasteiger charge is 2.19. The van der Waals surface area contributed by atoms with E-state index in [0.717, 1.165) is 24.3 Å². The summed E-state index contributed by atoms with van der Waals surface area (Å²) < 4.78 is 5.35. The first-order valence-electron chi connectivity index (χ1n) is 16.5. The van der Waals surface area contributed by atoms with Gasteiger partial charge < -0.3 is 50.4 Å². The van der Waals surface area contributed by atoms with Crippen LogP contribution < -0.4 is 5.43 Å². The zero-order chi connectivity index (χ0) is 42.8. The standard InChI is InChI=1S/C15H10O7.4C7H6O2/c16-7-4-10(19)12-11(5-7)22-15(14(21)13(12)20)6-1-2-8(17)9(18)3-6;4*8-7(9)6-4-2-1-3-5-6/h1-5,16-19,21H;4*1-5H,(H,8,9). The van der Waals surface area contributed by atoms with Gasteiger partial charge in [-0.2, -0.15) is 0 Å². The van der Waals surface area contributed by atoms with Gasteiger partial charge in [0, 0.05) is 17.7 Å². The van der Waals surface area contributed by atoms with E-state index in [1.165, 1.54) is 6.07 Å². The molecule has 0 bridgehead atoms. The van der Waals surface area contributed by atoms with Crippen LogP contribution in [-0.4, -0.2) is 69.8 Å². The molecule has 0 amide bonds. The molecule has 0 aliphatic heterocycles. The highest BCUT2D eigenvalue weighted by molar-refractivity contribution is 5.89. The normalized spacial score (nSPS) is 9.66. The molecule has 15 heteroatoms. The van der Waals surface area contributed by atoms with Gasteiger partial charge in [0.2, 0.25) is 11.2 Å². The molecule has 7 rings (SSSR count). The van der Waals surface area contributed by atoms with Gasteiger partial charge in [-0.1, -0.05) is 72.8 Å². The molecular weight excluding hydrogens is 756 g/mol. The van der Waals surface area contributed by atoms with E-state index in [4.69, 9.17) is 24.8 Å². The smallest absolute Gasteiger partial charge is 0.335 e. The number of rotatable bonds is 5. The SMILES string of the molecule is O=C(O)c1ccccc1.O=C(O)c1ccccc1.O=C(O)c1ccccc1.O=C(O)c1ccccc1.O=c1c(O)c(-c2ccc(O)c(O)c2)oc2cc(O)cc(O)c12. The van der Waals surface area contributed by atoms with Gasteiger partial charge >= 0.3 is 23.9 Å². The van der Waals surface area contributed by atoms with Crippen LogP contribution in [-0.2, 0) is 0 Å². The number of fused-ring (bicyclic) bond motifs is 1. The van der Waals surface area contributed by atoms with Crippen LogP contribution in [0.3, 0.4) is 0 Å². The third kappa shape index (κ3) is 13.1. The Morgan fingerprint density at radius 1 is 0.414 bits per heavy atom. The minimum Gasteiger partial charge on any atom is -0.508 e. The zero-order valence-electron chi connectivity index (χ0n) is 29.9. The summed E-state index contributed by atoms with van der Waals surface area (Å²) in [5.74, 6) is -6.23. The first-order chi connectivity index (χ1) is 27.6. The monoisotopic (exact) mass is 790 g/mol. The lowest BCUT2D eigenvalue weighted by atomic mass is 10.1. The van der Waals surface area contributed by atoms with E-state index in [1.54, 1.807) is 121 Å². The maximum absolute atomic E-state index is 12.1. The Labute approximate surface area is 328 Å². The van der Waals surface area contributed by atoms with Crippen molar-refractivity contribution in [2.24, 2.45) is 0 Å². The molecule has 0 aliphatic rings. The molecule has 0 fully saturated rings. The molecular formula is C43H34O15. The second kappa shape index (κ2) is 21.3. The molecule has 9 N–H and O–H groups in total. The summed E-state index contributed by atoms with van der Waals surface area (Å²) in [6.45, 7) is 0. The van der Waals surface area contributed by atoms with Crippen molar-refractivity contribution < 1.29 is 69.6 Å². The molecule has 0 saturated heterocycles. The van der Waals surface area contributed by atoms with Crippen molar-refractivity contribution in [2.45, 2.75) is 0 Å². The number of carbonyl (C=O) groups is 4. The Hall–Kier alpha value is -8.59. The second-order valence-electron chi connectivity index (χ2n) is 11.3. The molecule has 296 valence electrons. The first-order valence-corrected chi connectivity index (χ1v) is 16.5. The van der Waals surface area contributed by atoms with Crippen LogP contribution >= 0.6 is 0 Å². The van der Waals surface area contributed by atoms with Crippen molar-refractivity contribution in [3.8, 4) is 40.1 Å². The number of benzene rings is 6. The largest absolute Gasteiger partial charge is 0.508 e. The van der Waals surface area contributed by atoms with Crippen LogP contribution in [0.5, 0.6) is 28.7 Å². The van der Waals surface area contributed by atoms with E-state index >= 15 is 0 Å². The van der Waals surface area contributed by atoms with E-state index < -0.39 is 46.6 Å². The Kier molecular flexibility index (Phi) is 16.1. The molecule has 15 nitrogen and oxygen atoms in total. The van der Waals surface area contributed by atoms with Gasteiger partial charge in [0.25, 0.3) is 0 Å². The van der Waals surface area contributed by atoms with Crippen molar-refractivity contribution in [3.63, 3.8) is 0 Å². The Balaban J connectivity index is 0.000000210. The molecule has 7 aromatic rings. The predicted octanol–water partition coefficient (Wildman–Crippen LogP) is 7.53. The van der Waals surface area contributed by atoms with Crippen molar-refractivity contribution in [1.82, 2.24) is 0 Å². The molecule has 1 aromatic heterocycles. The number of phenols is 4. The fraction of sp³-hybridized carbons (Fsp3) is 0. The maximum atomic E-state index is 12.1. The van der Waals surface area contributed by atoms with Crippen molar-refractivity contribution in [2.75, 3.05) is 0 Å². The van der Waals surface area contributed by atoms with Gasteiger partial charge in [0.15, 0.2) is 17.3 Å². The fourth-order valence-electron chi connectivity index (χ4n) is 4.46. The van der Waals surface area contributed by atoms with Crippen molar-refractivity contribution in [3.05, 3.63) is 184 Å². The maximum Gasteiger partial charge on any atom is 0.335 e. The quantitative estimate of drug-likeness (QED) is 0.0762. The molecule has 0 radical (unpaired) electrons. The molecule has 0 spiro atoms. The number of hydrogen-bond acceptors (Lipinski definition) is 11. The number of carboxylic acid groups (broad SMARTS) is 4. The molecule has 58 heavy (non-hydrogen) atoms. The fourth-order valence-corrected chi connectivity index (χ4v) is 4.46. The number of phenolic OH excluding ortho intramolecular Hbond substituents is 4. The van der Waals surface area contributed by atoms with Gasteiger partial charge in [0.05, 0.1) is 22.3 Å². The van der Waals surface area contributed by atoms with E-state index in [1.807, 2.05) is 0 Å². The molecule has 0 atom stereocenters. The minimum atomic E-state index is -0.888. The summed E-state index contributed by atoms with van der Waals surface area (Å²) in [5, 5.41) is 81.2. The highest BCUT2D eigenvalue weighted by atomic mass is 16.4. The lowest BCUT2D eigenvalue weighted by Gasteiger charge is -2.08. The third-order valence-electron chi connectivity index (χ3n) is 7.26. The van der Waals surface area contributed by atoms with E-state index in [-0.39, 0.29) is 33.8 Å². The lowest BCUT2D eigenvalue weighted by Crippen LogP contribution is -2.02. The summed E-state index contributed by atoms with van der Waals surface area (Å²) in [6, 6.07) is 38.8. The van der Waals surface area contributed by atoms with Crippen LogP contribution in [0.2, 0.25) is 0 Å². The van der Waals surface area contributed by atoms with Crippen molar-refractivity contribution in [1.29, 1.82) is 0 Å². The third-order valence-corrected chi connectivity index (χ3v) is 7.26. The van der Waals surface area contributed by atoms with Crippen LogP contribution in [0.25, 0.3) is 22.3 Å². The average molecular weight is 791 g/mol. The van der Waals surface area contributed by atoms with Crippen LogP contribution in [0, 0.1) is 0 Å². The molecule has 6 aromatic carbocycles. The number of aromatic hydroxyl groups is 5. The summed E-state index contributed by atoms with van der Waals surface area (Å²) in [7, 11) is 0. The summed E-state index contributed by atoms with van der Waals surface area (Å²) in [5.41, 5.74) is 0.434. The van der Waals surface area contributed by atoms with E-state index in [9.17, 15) is 49.5 Å². The topological polar surface area (TPSA) is 281 Å². The first kappa shape index (κ1) is 43.8. The van der Waals surface area contributed by atoms with Gasteiger partial charge in [-0.05, 0) is 66.7 Å². The lowest BCUT2D eigenvalue weighted by molar-refractivity contribution is 0.0686. The predicted molar refractivity (Wildman–Crippen MR) is 210 cm³/mol. The van der Waals surface area contributed by atoms with Gasteiger partial charge in [-0.3, -0.25) is 4.79 Å². The van der Waals surface area contributed by atoms with E-state index in [0.29, 0.717) is 22.3 Å². The van der Waals surface area contributed by atoms with E-state index in [2.05, 4.69) is 0 Å². The second-order valence-corrected chi connectivity index (χ2v) is 11.3. The van der Waals surface area contributed by atoms with Gasteiger partial charge in [-0.15, -0.1) is 0 Å². The van der Waals surface area contributed by atoms with Crippen LogP contribution in [0.15, 0.2) is 161 Å². The Morgan fingerprint density at radius 3 is 1.09 bits per heavy atom. The average Bonchev–Trinajstić information content (AvgIpc) is 3.22. The highest BCUT2D eigenvalue weighted by Crippen LogP contribution is 2.37. The van der Waals surface area contributed by atoms with Crippen LogP contribution in [0.1, 0.15) is 41.4 Å². The van der Waals surface area contributed by atoms with Gasteiger partial charge in [-0.25, -0.2) is 19.2 Å². The molecule has 0 aliphatic carbocycles.